The summed E-state index contributed by atoms with van der Waals surface area (Å²) in [6, 6.07) is 5.16. The van der Waals surface area contributed by atoms with Crippen LogP contribution < -0.4 is 14.2 Å². The normalized spacial score (nSPS) is 19.9. The quantitative estimate of drug-likeness (QED) is 0.619. The van der Waals surface area contributed by atoms with Gasteiger partial charge in [-0.05, 0) is 37.8 Å². The lowest BCUT2D eigenvalue weighted by Gasteiger charge is -2.41. The minimum Gasteiger partial charge on any atom is -0.493 e. The molecule has 2 aromatic rings. The van der Waals surface area contributed by atoms with Crippen LogP contribution in [0, 0.1) is 0 Å². The van der Waals surface area contributed by atoms with Crippen molar-refractivity contribution in [3.63, 3.8) is 0 Å². The lowest BCUT2D eigenvalue weighted by Crippen LogP contribution is -2.50. The number of aromatic nitrogens is 1. The zero-order valence-electron chi connectivity index (χ0n) is 17.9. The Bertz CT molecular complexity index is 951. The maximum Gasteiger partial charge on any atom is 0.273 e. The minimum atomic E-state index is -3.56. The molecule has 1 aromatic carbocycles. The molecule has 10 heteroatoms. The zero-order valence-corrected chi connectivity index (χ0v) is 19.5. The summed E-state index contributed by atoms with van der Waals surface area (Å²) in [4.78, 5) is 6.93. The smallest absolute Gasteiger partial charge is 0.273 e. The summed E-state index contributed by atoms with van der Waals surface area (Å²) in [5, 5.41) is 2.67. The number of piperidine rings is 2. The van der Waals surface area contributed by atoms with Crippen LogP contribution >= 0.6 is 11.3 Å². The summed E-state index contributed by atoms with van der Waals surface area (Å²) in [5.41, 5.74) is 0. The van der Waals surface area contributed by atoms with E-state index in [1.807, 2.05) is 5.38 Å². The van der Waals surface area contributed by atoms with Crippen molar-refractivity contribution in [2.24, 2.45) is 0 Å². The first-order chi connectivity index (χ1) is 15.0. The largest absolute Gasteiger partial charge is 0.493 e. The number of likely N-dealkylation sites (tertiary alicyclic amines) is 1. The van der Waals surface area contributed by atoms with Gasteiger partial charge in [0.25, 0.3) is 5.19 Å². The minimum absolute atomic E-state index is 0.216. The molecule has 0 radical (unpaired) electrons. The van der Waals surface area contributed by atoms with Crippen molar-refractivity contribution in [1.29, 1.82) is 0 Å². The zero-order chi connectivity index (χ0) is 21.8. The lowest BCUT2D eigenvalue weighted by molar-refractivity contribution is 0.0584. The maximum absolute atomic E-state index is 13.1. The third-order valence-electron chi connectivity index (χ3n) is 6.09. The number of nitrogens with zero attached hydrogens (tertiary/aromatic N) is 3. The van der Waals surface area contributed by atoms with Gasteiger partial charge in [0.1, 0.15) is 6.10 Å². The Morgan fingerprint density at radius 1 is 1.00 bits per heavy atom. The van der Waals surface area contributed by atoms with Crippen LogP contribution in [0.5, 0.6) is 16.7 Å². The molecule has 3 heterocycles. The van der Waals surface area contributed by atoms with Crippen LogP contribution in [0.25, 0.3) is 0 Å². The number of hydrogen-bond donors (Lipinski definition) is 0. The van der Waals surface area contributed by atoms with Gasteiger partial charge in [0, 0.05) is 49.9 Å². The summed E-state index contributed by atoms with van der Waals surface area (Å²) < 4.78 is 44.3. The molecular formula is C21H29N3O5S2. The Kier molecular flexibility index (Phi) is 7.00. The molecule has 0 amide bonds. The predicted octanol–water partition coefficient (Wildman–Crippen LogP) is 2.86. The van der Waals surface area contributed by atoms with Gasteiger partial charge in [0.15, 0.2) is 11.5 Å². The van der Waals surface area contributed by atoms with Crippen LogP contribution in [0.4, 0.5) is 0 Å². The summed E-state index contributed by atoms with van der Waals surface area (Å²) in [6.45, 7) is 3.00. The molecule has 0 bridgehead atoms. The summed E-state index contributed by atoms with van der Waals surface area (Å²) in [6.07, 6.45) is 5.61. The maximum atomic E-state index is 13.1. The van der Waals surface area contributed by atoms with E-state index in [0.717, 1.165) is 44.0 Å². The molecule has 1 aromatic heterocycles. The van der Waals surface area contributed by atoms with Gasteiger partial charge in [-0.3, -0.25) is 0 Å². The van der Waals surface area contributed by atoms with E-state index in [9.17, 15) is 8.42 Å². The highest BCUT2D eigenvalue weighted by atomic mass is 32.2. The van der Waals surface area contributed by atoms with Gasteiger partial charge in [0.05, 0.1) is 19.1 Å². The van der Waals surface area contributed by atoms with Gasteiger partial charge < -0.3 is 19.1 Å². The topological polar surface area (TPSA) is 81.2 Å². The standard InChI is InChI=1S/C21H29N3O5S2/c1-27-19-4-3-18(15-20(19)28-2)31(25,26)24-12-5-16(6-13-24)23-10-7-17(8-11-23)29-21-22-9-14-30-21/h3-4,9,14-17H,5-8,10-13H2,1-2H3. The Hall–Kier alpha value is -1.88. The first-order valence-electron chi connectivity index (χ1n) is 10.5. The molecular weight excluding hydrogens is 438 g/mol. The summed E-state index contributed by atoms with van der Waals surface area (Å²) >= 11 is 1.53. The number of benzene rings is 1. The van der Waals surface area contributed by atoms with E-state index in [4.69, 9.17) is 14.2 Å². The van der Waals surface area contributed by atoms with Crippen molar-refractivity contribution >= 4 is 21.4 Å². The molecule has 8 nitrogen and oxygen atoms in total. The molecule has 4 rings (SSSR count). The molecule has 2 saturated heterocycles. The third-order valence-corrected chi connectivity index (χ3v) is 8.64. The molecule has 2 fully saturated rings. The van der Waals surface area contributed by atoms with Crippen molar-refractivity contribution < 1.29 is 22.6 Å². The Labute approximate surface area is 187 Å². The van der Waals surface area contributed by atoms with E-state index < -0.39 is 10.0 Å². The van der Waals surface area contributed by atoms with Gasteiger partial charge in [0.2, 0.25) is 10.0 Å². The highest BCUT2D eigenvalue weighted by molar-refractivity contribution is 7.89. The van der Waals surface area contributed by atoms with E-state index in [1.165, 1.54) is 31.6 Å². The van der Waals surface area contributed by atoms with Crippen molar-refractivity contribution in [2.45, 2.75) is 42.7 Å². The summed E-state index contributed by atoms with van der Waals surface area (Å²) in [7, 11) is -0.521. The van der Waals surface area contributed by atoms with Crippen LogP contribution in [0.3, 0.4) is 0 Å². The van der Waals surface area contributed by atoms with Gasteiger partial charge in [-0.15, -0.1) is 0 Å². The monoisotopic (exact) mass is 467 g/mol. The number of rotatable bonds is 7. The Morgan fingerprint density at radius 3 is 2.32 bits per heavy atom. The molecule has 2 aliphatic heterocycles. The molecule has 170 valence electrons. The van der Waals surface area contributed by atoms with Gasteiger partial charge in [-0.25, -0.2) is 13.4 Å². The molecule has 31 heavy (non-hydrogen) atoms. The van der Waals surface area contributed by atoms with E-state index in [2.05, 4.69) is 9.88 Å². The second-order valence-corrected chi connectivity index (χ2v) is 10.6. The number of thiazole rings is 1. The average molecular weight is 468 g/mol. The van der Waals surface area contributed by atoms with Crippen LogP contribution in [-0.2, 0) is 10.0 Å². The highest BCUT2D eigenvalue weighted by Gasteiger charge is 2.33. The van der Waals surface area contributed by atoms with Gasteiger partial charge in [-0.2, -0.15) is 4.31 Å². The van der Waals surface area contributed by atoms with E-state index >= 15 is 0 Å². The molecule has 0 saturated carbocycles. The van der Waals surface area contributed by atoms with Crippen molar-refractivity contribution in [1.82, 2.24) is 14.2 Å². The van der Waals surface area contributed by atoms with E-state index in [1.54, 1.807) is 22.6 Å². The fraction of sp³-hybridized carbons (Fsp3) is 0.571. The molecule has 0 atom stereocenters. The van der Waals surface area contributed by atoms with Crippen LogP contribution in [-0.4, -0.2) is 75.2 Å². The van der Waals surface area contributed by atoms with Crippen molar-refractivity contribution in [3.8, 4) is 16.7 Å². The lowest BCUT2D eigenvalue weighted by atomic mass is 10.00. The third kappa shape index (κ3) is 4.97. The number of hydrogen-bond acceptors (Lipinski definition) is 8. The first kappa shape index (κ1) is 22.3. The van der Waals surface area contributed by atoms with Crippen LogP contribution in [0.15, 0.2) is 34.7 Å². The number of sulfonamides is 1. The SMILES string of the molecule is COc1ccc(S(=O)(=O)N2CCC(N3CCC(Oc4nccs4)CC3)CC2)cc1OC. The molecule has 0 unspecified atom stereocenters. The highest BCUT2D eigenvalue weighted by Crippen LogP contribution is 2.32. The molecule has 0 aliphatic carbocycles. The molecule has 0 spiro atoms. The Balaban J connectivity index is 1.31. The number of methoxy groups -OCH3 is 2. The average Bonchev–Trinajstić information content (AvgIpc) is 3.32. The van der Waals surface area contributed by atoms with E-state index in [-0.39, 0.29) is 11.0 Å². The fourth-order valence-electron chi connectivity index (χ4n) is 4.34. The van der Waals surface area contributed by atoms with Crippen LogP contribution in [0.1, 0.15) is 25.7 Å². The van der Waals surface area contributed by atoms with Crippen molar-refractivity contribution in [2.75, 3.05) is 40.4 Å². The Morgan fingerprint density at radius 2 is 1.71 bits per heavy atom. The number of ether oxygens (including phenoxy) is 3. The first-order valence-corrected chi connectivity index (χ1v) is 12.9. The van der Waals surface area contributed by atoms with Crippen molar-refractivity contribution in [3.05, 3.63) is 29.8 Å². The van der Waals surface area contributed by atoms with Gasteiger partial charge in [-0.1, -0.05) is 11.3 Å². The van der Waals surface area contributed by atoms with Crippen LogP contribution in [0.2, 0.25) is 0 Å². The fourth-order valence-corrected chi connectivity index (χ4v) is 6.38. The second-order valence-electron chi connectivity index (χ2n) is 7.80. The van der Waals surface area contributed by atoms with Gasteiger partial charge >= 0.3 is 0 Å². The van der Waals surface area contributed by atoms with E-state index in [0.29, 0.717) is 30.6 Å². The molecule has 2 aliphatic rings. The summed E-state index contributed by atoms with van der Waals surface area (Å²) in [5.74, 6) is 0.934. The molecule has 0 N–H and O–H groups in total. The predicted molar refractivity (Wildman–Crippen MR) is 119 cm³/mol. The second kappa shape index (κ2) is 9.72.